The van der Waals surface area contributed by atoms with E-state index >= 15 is 0 Å². The quantitative estimate of drug-likeness (QED) is 0.874. The Kier molecular flexibility index (Phi) is 4.44. The Morgan fingerprint density at radius 3 is 2.63 bits per heavy atom. The molecule has 1 aliphatic heterocycles. The van der Waals surface area contributed by atoms with Gasteiger partial charge >= 0.3 is 6.18 Å². The second kappa shape index (κ2) is 5.90. The van der Waals surface area contributed by atoms with Crippen molar-refractivity contribution in [2.75, 3.05) is 19.6 Å². The van der Waals surface area contributed by atoms with Crippen LogP contribution in [0.2, 0.25) is 0 Å². The third kappa shape index (κ3) is 3.92. The number of nitrogens with one attached hydrogen (secondary N) is 1. The summed E-state index contributed by atoms with van der Waals surface area (Å²) >= 11 is 0. The standard InChI is InChI=1S/C13H17F3N2O/c14-13(15,16)12(19)11-9-18(7-6-17-11)8-10-4-2-1-3-5-10/h1-5,11-12,17,19H,6-9H2/t11-,12?/m0/s1. The molecular formula is C13H17F3N2O. The van der Waals surface area contributed by atoms with Crippen molar-refractivity contribution in [3.63, 3.8) is 0 Å². The van der Waals surface area contributed by atoms with E-state index in [1.165, 1.54) is 0 Å². The Balaban J connectivity index is 1.94. The summed E-state index contributed by atoms with van der Waals surface area (Å²) in [6.07, 6.45) is -6.89. The number of hydrogen-bond acceptors (Lipinski definition) is 3. The van der Waals surface area contributed by atoms with Crippen LogP contribution in [0.3, 0.4) is 0 Å². The minimum atomic E-state index is -4.58. The minimum Gasteiger partial charge on any atom is -0.382 e. The number of rotatable bonds is 3. The lowest BCUT2D eigenvalue weighted by atomic mass is 10.1. The van der Waals surface area contributed by atoms with Crippen molar-refractivity contribution in [1.82, 2.24) is 10.2 Å². The predicted molar refractivity (Wildman–Crippen MR) is 65.6 cm³/mol. The molecule has 0 bridgehead atoms. The molecule has 1 aromatic carbocycles. The molecule has 0 aromatic heterocycles. The molecule has 2 rings (SSSR count). The number of hydrogen-bond donors (Lipinski definition) is 2. The van der Waals surface area contributed by atoms with Crippen molar-refractivity contribution in [3.8, 4) is 0 Å². The van der Waals surface area contributed by atoms with Gasteiger partial charge in [-0.05, 0) is 5.56 Å². The average Bonchev–Trinajstić information content (AvgIpc) is 2.38. The van der Waals surface area contributed by atoms with Gasteiger partial charge in [-0.25, -0.2) is 0 Å². The zero-order valence-corrected chi connectivity index (χ0v) is 10.4. The molecule has 0 amide bonds. The Hall–Kier alpha value is -1.11. The van der Waals surface area contributed by atoms with Crippen molar-refractivity contribution in [1.29, 1.82) is 0 Å². The van der Waals surface area contributed by atoms with Crippen molar-refractivity contribution < 1.29 is 18.3 Å². The van der Waals surface area contributed by atoms with Crippen molar-refractivity contribution in [2.24, 2.45) is 0 Å². The average molecular weight is 274 g/mol. The van der Waals surface area contributed by atoms with Gasteiger partial charge in [0, 0.05) is 26.2 Å². The Morgan fingerprint density at radius 1 is 1.32 bits per heavy atom. The second-order valence-electron chi connectivity index (χ2n) is 4.77. The molecule has 106 valence electrons. The van der Waals surface area contributed by atoms with Crippen LogP contribution in [0.25, 0.3) is 0 Å². The largest absolute Gasteiger partial charge is 0.415 e. The van der Waals surface area contributed by atoms with Gasteiger partial charge in [-0.3, -0.25) is 4.90 Å². The highest BCUT2D eigenvalue weighted by molar-refractivity contribution is 5.14. The molecule has 1 unspecified atom stereocenters. The summed E-state index contributed by atoms with van der Waals surface area (Å²) in [6.45, 7) is 1.92. The first-order valence-corrected chi connectivity index (χ1v) is 6.21. The Morgan fingerprint density at radius 2 is 2.00 bits per heavy atom. The molecule has 1 fully saturated rings. The first-order valence-electron chi connectivity index (χ1n) is 6.21. The van der Waals surface area contributed by atoms with Gasteiger partial charge in [-0.1, -0.05) is 30.3 Å². The van der Waals surface area contributed by atoms with Gasteiger partial charge in [0.2, 0.25) is 0 Å². The van der Waals surface area contributed by atoms with Crippen LogP contribution in [0.5, 0.6) is 0 Å². The highest BCUT2D eigenvalue weighted by atomic mass is 19.4. The van der Waals surface area contributed by atoms with Crippen LogP contribution in [0.15, 0.2) is 30.3 Å². The smallest absolute Gasteiger partial charge is 0.382 e. The summed E-state index contributed by atoms with van der Waals surface area (Å²) in [4.78, 5) is 1.92. The van der Waals surface area contributed by atoms with Gasteiger partial charge in [0.1, 0.15) is 0 Å². The monoisotopic (exact) mass is 274 g/mol. The highest BCUT2D eigenvalue weighted by Crippen LogP contribution is 2.24. The van der Waals surface area contributed by atoms with E-state index in [1.54, 1.807) is 0 Å². The van der Waals surface area contributed by atoms with Crippen LogP contribution in [0.4, 0.5) is 13.2 Å². The number of nitrogens with zero attached hydrogens (tertiary/aromatic N) is 1. The zero-order chi connectivity index (χ0) is 13.9. The van der Waals surface area contributed by atoms with Crippen molar-refractivity contribution >= 4 is 0 Å². The number of piperazine rings is 1. The lowest BCUT2D eigenvalue weighted by molar-refractivity contribution is -0.215. The van der Waals surface area contributed by atoms with E-state index in [2.05, 4.69) is 5.32 Å². The fraction of sp³-hybridized carbons (Fsp3) is 0.538. The summed E-state index contributed by atoms with van der Waals surface area (Å²) in [6, 6.07) is 8.63. The predicted octanol–water partition coefficient (Wildman–Crippen LogP) is 1.38. The first kappa shape index (κ1) is 14.3. The number of halogens is 3. The van der Waals surface area contributed by atoms with Gasteiger partial charge in [-0.15, -0.1) is 0 Å². The van der Waals surface area contributed by atoms with Crippen LogP contribution in [0.1, 0.15) is 5.56 Å². The maximum absolute atomic E-state index is 12.5. The van der Waals surface area contributed by atoms with E-state index in [-0.39, 0.29) is 6.54 Å². The summed E-state index contributed by atoms with van der Waals surface area (Å²) in [7, 11) is 0. The van der Waals surface area contributed by atoms with Crippen molar-refractivity contribution in [3.05, 3.63) is 35.9 Å². The van der Waals surface area contributed by atoms with E-state index in [0.717, 1.165) is 5.56 Å². The topological polar surface area (TPSA) is 35.5 Å². The molecule has 6 heteroatoms. The van der Waals surface area contributed by atoms with E-state index in [0.29, 0.717) is 19.6 Å². The molecule has 1 aliphatic rings. The van der Waals surface area contributed by atoms with Gasteiger partial charge in [0.05, 0.1) is 6.04 Å². The minimum absolute atomic E-state index is 0.190. The molecule has 19 heavy (non-hydrogen) atoms. The lowest BCUT2D eigenvalue weighted by Gasteiger charge is -2.36. The maximum atomic E-state index is 12.5. The molecular weight excluding hydrogens is 257 g/mol. The number of alkyl halides is 3. The van der Waals surface area contributed by atoms with Crippen LogP contribution in [0, 0.1) is 0 Å². The number of aliphatic hydroxyl groups excluding tert-OH is 1. The van der Waals surface area contributed by atoms with E-state index in [4.69, 9.17) is 0 Å². The molecule has 1 heterocycles. The zero-order valence-electron chi connectivity index (χ0n) is 10.4. The lowest BCUT2D eigenvalue weighted by Crippen LogP contribution is -2.58. The highest BCUT2D eigenvalue weighted by Gasteiger charge is 2.44. The fourth-order valence-corrected chi connectivity index (χ4v) is 2.27. The summed E-state index contributed by atoms with van der Waals surface area (Å²) in [5.74, 6) is 0. The molecule has 0 saturated carbocycles. The third-order valence-corrected chi connectivity index (χ3v) is 3.25. The van der Waals surface area contributed by atoms with Gasteiger partial charge in [0.15, 0.2) is 6.10 Å². The molecule has 0 radical (unpaired) electrons. The van der Waals surface area contributed by atoms with Gasteiger partial charge in [0.25, 0.3) is 0 Å². The molecule has 2 N–H and O–H groups in total. The summed E-state index contributed by atoms with van der Waals surface area (Å²) in [5.41, 5.74) is 1.06. The molecule has 1 aromatic rings. The molecule has 1 saturated heterocycles. The van der Waals surface area contributed by atoms with Crippen LogP contribution in [-0.2, 0) is 6.54 Å². The van der Waals surface area contributed by atoms with Crippen molar-refractivity contribution in [2.45, 2.75) is 24.9 Å². The molecule has 0 aliphatic carbocycles. The normalized spacial score (nSPS) is 23.3. The summed E-state index contributed by atoms with van der Waals surface area (Å²) in [5, 5.41) is 12.0. The number of benzene rings is 1. The van der Waals surface area contributed by atoms with Gasteiger partial charge < -0.3 is 10.4 Å². The van der Waals surface area contributed by atoms with E-state index < -0.39 is 18.3 Å². The third-order valence-electron chi connectivity index (χ3n) is 3.25. The second-order valence-corrected chi connectivity index (χ2v) is 4.77. The molecule has 3 nitrogen and oxygen atoms in total. The van der Waals surface area contributed by atoms with Crippen LogP contribution < -0.4 is 5.32 Å². The summed E-state index contributed by atoms with van der Waals surface area (Å²) < 4.78 is 37.4. The van der Waals surface area contributed by atoms with Gasteiger partial charge in [-0.2, -0.15) is 13.2 Å². The SMILES string of the molecule is OC([C@@H]1CN(Cc2ccccc2)CCN1)C(F)(F)F. The Bertz CT molecular complexity index is 397. The fourth-order valence-electron chi connectivity index (χ4n) is 2.27. The van der Waals surface area contributed by atoms with Crippen LogP contribution >= 0.6 is 0 Å². The Labute approximate surface area is 110 Å². The van der Waals surface area contributed by atoms with Crippen LogP contribution in [-0.4, -0.2) is 48.0 Å². The first-order chi connectivity index (χ1) is 8.97. The molecule has 2 atom stereocenters. The maximum Gasteiger partial charge on any atom is 0.415 e. The van der Waals surface area contributed by atoms with E-state index in [1.807, 2.05) is 35.2 Å². The van der Waals surface area contributed by atoms with E-state index in [9.17, 15) is 18.3 Å². The molecule has 0 spiro atoms. The number of aliphatic hydroxyl groups is 1.